The molecule has 29 heavy (non-hydrogen) atoms. The monoisotopic (exact) mass is 406 g/mol. The molecule has 0 saturated carbocycles. The molecule has 4 heterocycles. The molecule has 1 saturated heterocycles. The van der Waals surface area contributed by atoms with Gasteiger partial charge in [-0.05, 0) is 19.9 Å². The Morgan fingerprint density at radius 1 is 1.03 bits per heavy atom. The number of aromatic nitrogens is 4. The van der Waals surface area contributed by atoms with Gasteiger partial charge in [-0.25, -0.2) is 9.97 Å². The minimum absolute atomic E-state index is 0.648. The first-order valence-corrected chi connectivity index (χ1v) is 10.6. The molecule has 0 bridgehead atoms. The maximum absolute atomic E-state index is 5.49. The van der Waals surface area contributed by atoms with E-state index in [1.165, 1.54) is 10.4 Å². The third kappa shape index (κ3) is 3.73. The highest BCUT2D eigenvalue weighted by atomic mass is 32.1. The fourth-order valence-corrected chi connectivity index (χ4v) is 4.51. The number of rotatable bonds is 4. The zero-order chi connectivity index (χ0) is 19.8. The van der Waals surface area contributed by atoms with Crippen LogP contribution in [0.4, 0.5) is 5.82 Å². The van der Waals surface area contributed by atoms with E-state index in [1.54, 1.807) is 17.7 Å². The number of benzene rings is 1. The Morgan fingerprint density at radius 3 is 2.62 bits per heavy atom. The van der Waals surface area contributed by atoms with E-state index in [-0.39, 0.29) is 0 Å². The molecule has 5 rings (SSSR count). The van der Waals surface area contributed by atoms with Gasteiger partial charge >= 0.3 is 0 Å². The van der Waals surface area contributed by atoms with Crippen molar-refractivity contribution in [3.05, 3.63) is 53.0 Å². The van der Waals surface area contributed by atoms with E-state index in [1.807, 2.05) is 12.1 Å². The van der Waals surface area contributed by atoms with Gasteiger partial charge in [0.2, 0.25) is 11.7 Å². The summed E-state index contributed by atoms with van der Waals surface area (Å²) in [5.41, 5.74) is 2.20. The van der Waals surface area contributed by atoms with Gasteiger partial charge in [-0.1, -0.05) is 35.0 Å². The number of aryl methyl sites for hydroxylation is 2. The van der Waals surface area contributed by atoms with Gasteiger partial charge in [-0.15, -0.1) is 11.3 Å². The largest absolute Gasteiger partial charge is 0.353 e. The molecule has 0 radical (unpaired) electrons. The standard InChI is InChI=1S/C21H22N6OS/c1-14-3-5-16(6-4-14)19-24-18(28-25-19)12-26-7-9-27(10-8-26)20-17-11-15(2)29-21(17)23-13-22-20/h3-6,11,13H,7-10,12H2,1-2H3. The minimum Gasteiger partial charge on any atom is -0.353 e. The van der Waals surface area contributed by atoms with Crippen molar-refractivity contribution in [2.45, 2.75) is 20.4 Å². The topological polar surface area (TPSA) is 71.2 Å². The highest BCUT2D eigenvalue weighted by molar-refractivity contribution is 7.18. The summed E-state index contributed by atoms with van der Waals surface area (Å²) in [6.45, 7) is 8.54. The number of piperazine rings is 1. The number of thiophene rings is 1. The predicted octanol–water partition coefficient (Wildman–Crippen LogP) is 3.68. The van der Waals surface area contributed by atoms with Crippen LogP contribution in [0, 0.1) is 13.8 Å². The molecule has 1 aliphatic rings. The van der Waals surface area contributed by atoms with Gasteiger partial charge in [-0.3, -0.25) is 4.90 Å². The quantitative estimate of drug-likeness (QED) is 0.512. The summed E-state index contributed by atoms with van der Waals surface area (Å²) in [5, 5.41) is 5.30. The fourth-order valence-electron chi connectivity index (χ4n) is 3.66. The van der Waals surface area contributed by atoms with Crippen molar-refractivity contribution in [2.24, 2.45) is 0 Å². The summed E-state index contributed by atoms with van der Waals surface area (Å²) in [5.74, 6) is 2.35. The first-order valence-electron chi connectivity index (χ1n) is 9.74. The molecule has 0 amide bonds. The summed E-state index contributed by atoms with van der Waals surface area (Å²) in [6, 6.07) is 10.4. The number of anilines is 1. The summed E-state index contributed by atoms with van der Waals surface area (Å²) in [7, 11) is 0. The zero-order valence-corrected chi connectivity index (χ0v) is 17.3. The Morgan fingerprint density at radius 2 is 1.83 bits per heavy atom. The zero-order valence-electron chi connectivity index (χ0n) is 16.5. The first-order chi connectivity index (χ1) is 14.2. The van der Waals surface area contributed by atoms with Crippen LogP contribution in [-0.2, 0) is 6.54 Å². The fraction of sp³-hybridized carbons (Fsp3) is 0.333. The lowest BCUT2D eigenvalue weighted by atomic mass is 10.1. The van der Waals surface area contributed by atoms with Gasteiger partial charge in [0.1, 0.15) is 17.0 Å². The highest BCUT2D eigenvalue weighted by Gasteiger charge is 2.22. The Kier molecular flexibility index (Phi) is 4.73. The molecule has 0 N–H and O–H groups in total. The molecule has 0 atom stereocenters. The molecule has 0 aliphatic carbocycles. The highest BCUT2D eigenvalue weighted by Crippen LogP contribution is 2.30. The summed E-state index contributed by atoms with van der Waals surface area (Å²) >= 11 is 1.72. The van der Waals surface area contributed by atoms with Gasteiger partial charge in [0.25, 0.3) is 0 Å². The van der Waals surface area contributed by atoms with E-state index in [2.05, 4.69) is 62.0 Å². The van der Waals surface area contributed by atoms with E-state index in [0.717, 1.165) is 47.8 Å². The van der Waals surface area contributed by atoms with Crippen molar-refractivity contribution < 1.29 is 4.52 Å². The van der Waals surface area contributed by atoms with E-state index in [4.69, 9.17) is 4.52 Å². The molecule has 1 fully saturated rings. The second kappa shape index (κ2) is 7.53. The molecular weight excluding hydrogens is 384 g/mol. The molecule has 8 heteroatoms. The third-order valence-electron chi connectivity index (χ3n) is 5.24. The first kappa shape index (κ1) is 18.2. The molecule has 3 aromatic heterocycles. The van der Waals surface area contributed by atoms with Crippen molar-refractivity contribution in [1.29, 1.82) is 0 Å². The van der Waals surface area contributed by atoms with Crippen LogP contribution >= 0.6 is 11.3 Å². The van der Waals surface area contributed by atoms with E-state index in [0.29, 0.717) is 18.3 Å². The Bertz CT molecular complexity index is 1130. The summed E-state index contributed by atoms with van der Waals surface area (Å²) in [4.78, 5) is 20.6. The van der Waals surface area contributed by atoms with Crippen molar-refractivity contribution in [3.8, 4) is 11.4 Å². The van der Waals surface area contributed by atoms with Crippen LogP contribution in [-0.4, -0.2) is 51.2 Å². The normalized spacial score (nSPS) is 15.3. The Hall–Kier alpha value is -2.84. The van der Waals surface area contributed by atoms with Gasteiger partial charge in [0.05, 0.1) is 11.9 Å². The third-order valence-corrected chi connectivity index (χ3v) is 6.20. The van der Waals surface area contributed by atoms with Crippen LogP contribution in [0.15, 0.2) is 41.2 Å². The molecule has 0 unspecified atom stereocenters. The molecule has 4 aromatic rings. The Labute approximate surface area is 173 Å². The van der Waals surface area contributed by atoms with Crippen LogP contribution in [0.5, 0.6) is 0 Å². The van der Waals surface area contributed by atoms with Crippen molar-refractivity contribution in [1.82, 2.24) is 25.0 Å². The van der Waals surface area contributed by atoms with Crippen molar-refractivity contribution in [3.63, 3.8) is 0 Å². The lowest BCUT2D eigenvalue weighted by Crippen LogP contribution is -2.46. The molecule has 148 valence electrons. The van der Waals surface area contributed by atoms with Gasteiger partial charge in [0.15, 0.2) is 0 Å². The van der Waals surface area contributed by atoms with Gasteiger partial charge in [-0.2, -0.15) is 4.98 Å². The average molecular weight is 407 g/mol. The summed E-state index contributed by atoms with van der Waals surface area (Å²) < 4.78 is 5.49. The molecule has 7 nitrogen and oxygen atoms in total. The van der Waals surface area contributed by atoms with Crippen LogP contribution < -0.4 is 4.90 Å². The average Bonchev–Trinajstić information content (AvgIpc) is 3.34. The molecular formula is C21H22N6OS. The maximum atomic E-state index is 5.49. The molecule has 1 aromatic carbocycles. The van der Waals surface area contributed by atoms with Crippen molar-refractivity contribution in [2.75, 3.05) is 31.1 Å². The predicted molar refractivity (Wildman–Crippen MR) is 114 cm³/mol. The second-order valence-electron chi connectivity index (χ2n) is 7.41. The number of hydrogen-bond donors (Lipinski definition) is 0. The molecule has 1 aliphatic heterocycles. The number of hydrogen-bond acceptors (Lipinski definition) is 8. The van der Waals surface area contributed by atoms with Crippen LogP contribution in [0.1, 0.15) is 16.3 Å². The van der Waals surface area contributed by atoms with Crippen LogP contribution in [0.3, 0.4) is 0 Å². The Balaban J connectivity index is 1.24. The lowest BCUT2D eigenvalue weighted by molar-refractivity contribution is 0.215. The van der Waals surface area contributed by atoms with Crippen LogP contribution in [0.2, 0.25) is 0 Å². The van der Waals surface area contributed by atoms with Crippen LogP contribution in [0.25, 0.3) is 21.6 Å². The second-order valence-corrected chi connectivity index (χ2v) is 8.65. The van der Waals surface area contributed by atoms with Gasteiger partial charge in [0, 0.05) is 36.6 Å². The number of nitrogens with zero attached hydrogens (tertiary/aromatic N) is 6. The van der Waals surface area contributed by atoms with Gasteiger partial charge < -0.3 is 9.42 Å². The smallest absolute Gasteiger partial charge is 0.241 e. The maximum Gasteiger partial charge on any atom is 0.241 e. The minimum atomic E-state index is 0.648. The SMILES string of the molecule is Cc1ccc(-c2noc(CN3CCN(c4ncnc5sc(C)cc45)CC3)n2)cc1. The van der Waals surface area contributed by atoms with E-state index < -0.39 is 0 Å². The number of fused-ring (bicyclic) bond motifs is 1. The van der Waals surface area contributed by atoms with Crippen molar-refractivity contribution >= 4 is 27.4 Å². The molecule has 0 spiro atoms. The van der Waals surface area contributed by atoms with E-state index >= 15 is 0 Å². The lowest BCUT2D eigenvalue weighted by Gasteiger charge is -2.34. The van der Waals surface area contributed by atoms with E-state index in [9.17, 15) is 0 Å². The summed E-state index contributed by atoms with van der Waals surface area (Å²) in [6.07, 6.45) is 1.67.